The van der Waals surface area contributed by atoms with Crippen LogP contribution in [0, 0.1) is 11.6 Å². The predicted molar refractivity (Wildman–Crippen MR) is 115 cm³/mol. The first-order valence-electron chi connectivity index (χ1n) is 9.89. The number of carboxylic acids is 1. The Hall–Kier alpha value is -3.55. The Labute approximate surface area is 183 Å². The molecule has 0 fully saturated rings. The van der Waals surface area contributed by atoms with E-state index < -0.39 is 36.2 Å². The first kappa shape index (κ1) is 23.1. The summed E-state index contributed by atoms with van der Waals surface area (Å²) in [5.41, 5.74) is 2.40. The number of carbonyl (C=O) groups is 1. The zero-order chi connectivity index (χ0) is 23.1. The molecule has 0 amide bonds. The number of hydrogen-bond acceptors (Lipinski definition) is 4. The number of aliphatic carboxylic acids is 1. The lowest BCUT2D eigenvalue weighted by molar-refractivity contribution is -0.139. The van der Waals surface area contributed by atoms with Crippen molar-refractivity contribution in [3.63, 3.8) is 0 Å². The van der Waals surface area contributed by atoms with Gasteiger partial charge >= 0.3 is 5.97 Å². The van der Waals surface area contributed by atoms with E-state index in [1.807, 2.05) is 0 Å². The van der Waals surface area contributed by atoms with Gasteiger partial charge in [0.2, 0.25) is 0 Å². The van der Waals surface area contributed by atoms with Crippen molar-refractivity contribution in [3.8, 4) is 0 Å². The molecule has 5 nitrogen and oxygen atoms in total. The summed E-state index contributed by atoms with van der Waals surface area (Å²) < 4.78 is 32.7. The van der Waals surface area contributed by atoms with Crippen molar-refractivity contribution in [2.24, 2.45) is 0 Å². The van der Waals surface area contributed by atoms with Crippen molar-refractivity contribution in [2.75, 3.05) is 0 Å². The molecule has 0 aliphatic rings. The number of furan rings is 1. The number of benzene rings is 2. The van der Waals surface area contributed by atoms with Gasteiger partial charge in [0.1, 0.15) is 17.4 Å². The van der Waals surface area contributed by atoms with Crippen LogP contribution in [-0.2, 0) is 4.79 Å². The summed E-state index contributed by atoms with van der Waals surface area (Å²) in [4.78, 5) is 10.7. The second-order valence-electron chi connectivity index (χ2n) is 7.19. The molecule has 0 bridgehead atoms. The average Bonchev–Trinajstić information content (AvgIpc) is 3.27. The molecule has 0 saturated heterocycles. The minimum absolute atomic E-state index is 0.170. The number of hydrogen-bond donors (Lipinski definition) is 3. The van der Waals surface area contributed by atoms with Crippen molar-refractivity contribution in [2.45, 2.75) is 25.0 Å². The van der Waals surface area contributed by atoms with Gasteiger partial charge in [-0.1, -0.05) is 36.4 Å². The lowest BCUT2D eigenvalue weighted by Crippen LogP contribution is -2.19. The summed E-state index contributed by atoms with van der Waals surface area (Å²) in [5, 5.41) is 28.8. The molecule has 0 unspecified atom stereocenters. The molecule has 0 saturated carbocycles. The number of aliphatic hydroxyl groups is 2. The molecular weight excluding hydrogens is 418 g/mol. The molecular formula is C25H22F2O5. The van der Waals surface area contributed by atoms with E-state index in [9.17, 15) is 23.8 Å². The standard InChI is InChI=1S/C25H22F2O5/c26-18-7-3-16(4-8-18)25(17-5-9-19(27)10-6-17)22(23-2-1-13-32-23)12-11-20(28)14-21(29)15-24(30)31/h1-13,20-21,28-29H,14-15H2,(H,30,31)/b12-11+/t20-,21-/m1/s1. The topological polar surface area (TPSA) is 90.9 Å². The number of halogens is 2. The summed E-state index contributed by atoms with van der Waals surface area (Å²) in [7, 11) is 0. The van der Waals surface area contributed by atoms with Crippen LogP contribution in [0.1, 0.15) is 29.7 Å². The third kappa shape index (κ3) is 6.23. The van der Waals surface area contributed by atoms with Crippen LogP contribution < -0.4 is 0 Å². The van der Waals surface area contributed by atoms with Crippen LogP contribution in [0.4, 0.5) is 8.78 Å². The Morgan fingerprint density at radius 3 is 1.97 bits per heavy atom. The smallest absolute Gasteiger partial charge is 0.305 e. The van der Waals surface area contributed by atoms with E-state index in [0.717, 1.165) is 0 Å². The maximum atomic E-state index is 13.5. The zero-order valence-electron chi connectivity index (χ0n) is 17.0. The van der Waals surface area contributed by atoms with E-state index in [0.29, 0.717) is 28.0 Å². The van der Waals surface area contributed by atoms with E-state index in [4.69, 9.17) is 9.52 Å². The van der Waals surface area contributed by atoms with Crippen LogP contribution in [0.5, 0.6) is 0 Å². The second-order valence-corrected chi connectivity index (χ2v) is 7.19. The van der Waals surface area contributed by atoms with Crippen LogP contribution in [0.15, 0.2) is 83.5 Å². The van der Waals surface area contributed by atoms with Crippen LogP contribution in [0.25, 0.3) is 11.1 Å². The summed E-state index contributed by atoms with van der Waals surface area (Å²) >= 11 is 0. The molecule has 0 spiro atoms. The van der Waals surface area contributed by atoms with Gasteiger partial charge in [0.25, 0.3) is 0 Å². The fraction of sp³-hybridized carbons (Fsp3) is 0.160. The van der Waals surface area contributed by atoms with Crippen molar-refractivity contribution in [1.29, 1.82) is 0 Å². The van der Waals surface area contributed by atoms with Gasteiger partial charge < -0.3 is 19.7 Å². The van der Waals surface area contributed by atoms with E-state index in [1.165, 1.54) is 36.6 Å². The Bertz CT molecular complexity index is 1040. The Kier molecular flexibility index (Phi) is 7.70. The Balaban J connectivity index is 2.08. The maximum Gasteiger partial charge on any atom is 0.305 e. The molecule has 1 aromatic heterocycles. The third-order valence-corrected chi connectivity index (χ3v) is 4.73. The van der Waals surface area contributed by atoms with E-state index >= 15 is 0 Å². The van der Waals surface area contributed by atoms with Gasteiger partial charge in [-0.3, -0.25) is 4.79 Å². The Morgan fingerprint density at radius 1 is 0.938 bits per heavy atom. The van der Waals surface area contributed by atoms with Gasteiger partial charge in [-0.25, -0.2) is 8.78 Å². The zero-order valence-corrected chi connectivity index (χ0v) is 17.0. The average molecular weight is 440 g/mol. The van der Waals surface area contributed by atoms with Crippen molar-refractivity contribution in [3.05, 3.63) is 108 Å². The quantitative estimate of drug-likeness (QED) is 0.421. The highest BCUT2D eigenvalue weighted by atomic mass is 19.1. The molecule has 32 heavy (non-hydrogen) atoms. The first-order chi connectivity index (χ1) is 15.3. The van der Waals surface area contributed by atoms with E-state index in [-0.39, 0.29) is 6.42 Å². The second kappa shape index (κ2) is 10.7. The number of rotatable bonds is 9. The van der Waals surface area contributed by atoms with Gasteiger partial charge in [0.05, 0.1) is 24.9 Å². The van der Waals surface area contributed by atoms with E-state index in [2.05, 4.69) is 0 Å². The third-order valence-electron chi connectivity index (χ3n) is 4.73. The largest absolute Gasteiger partial charge is 0.481 e. The normalized spacial score (nSPS) is 13.1. The minimum atomic E-state index is -1.21. The molecule has 0 radical (unpaired) electrons. The monoisotopic (exact) mass is 440 g/mol. The summed E-state index contributed by atoms with van der Waals surface area (Å²) in [6.45, 7) is 0. The SMILES string of the molecule is O=C(O)C[C@H](O)C[C@H](O)/C=C/C(=C(c1ccc(F)cc1)c1ccc(F)cc1)c1ccco1. The highest BCUT2D eigenvalue weighted by Gasteiger charge is 2.17. The molecule has 2 aromatic carbocycles. The first-order valence-corrected chi connectivity index (χ1v) is 9.89. The maximum absolute atomic E-state index is 13.5. The van der Waals surface area contributed by atoms with Crippen LogP contribution in [0.3, 0.4) is 0 Å². The fourth-order valence-electron chi connectivity index (χ4n) is 3.28. The van der Waals surface area contributed by atoms with Crippen molar-refractivity contribution >= 4 is 17.1 Å². The van der Waals surface area contributed by atoms with Gasteiger partial charge in [0, 0.05) is 12.0 Å². The van der Waals surface area contributed by atoms with Gasteiger partial charge in [-0.05, 0) is 53.1 Å². The highest BCUT2D eigenvalue weighted by Crippen LogP contribution is 2.34. The molecule has 166 valence electrons. The molecule has 3 rings (SSSR count). The molecule has 2 atom stereocenters. The number of carboxylic acid groups (broad SMARTS) is 1. The van der Waals surface area contributed by atoms with Gasteiger partial charge in [0.15, 0.2) is 0 Å². The Morgan fingerprint density at radius 2 is 1.50 bits per heavy atom. The summed E-state index contributed by atoms with van der Waals surface area (Å²) in [6, 6.07) is 14.9. The summed E-state index contributed by atoms with van der Waals surface area (Å²) in [6.07, 6.45) is 1.48. The molecule has 0 aliphatic heterocycles. The lowest BCUT2D eigenvalue weighted by atomic mass is 9.91. The molecule has 1 heterocycles. The van der Waals surface area contributed by atoms with Crippen molar-refractivity contribution in [1.82, 2.24) is 0 Å². The van der Waals surface area contributed by atoms with Crippen LogP contribution in [-0.4, -0.2) is 33.5 Å². The molecule has 3 N–H and O–H groups in total. The van der Waals surface area contributed by atoms with E-state index in [1.54, 1.807) is 42.5 Å². The lowest BCUT2D eigenvalue weighted by Gasteiger charge is -2.15. The molecule has 7 heteroatoms. The van der Waals surface area contributed by atoms with Gasteiger partial charge in [-0.15, -0.1) is 0 Å². The highest BCUT2D eigenvalue weighted by molar-refractivity contribution is 6.01. The minimum Gasteiger partial charge on any atom is -0.481 e. The fourth-order valence-corrected chi connectivity index (χ4v) is 3.28. The molecule has 3 aromatic rings. The van der Waals surface area contributed by atoms with Crippen LogP contribution in [0.2, 0.25) is 0 Å². The summed E-state index contributed by atoms with van der Waals surface area (Å²) in [5.74, 6) is -1.54. The number of allylic oxidation sites excluding steroid dienone is 2. The van der Waals surface area contributed by atoms with Crippen molar-refractivity contribution < 1.29 is 33.3 Å². The van der Waals surface area contributed by atoms with Gasteiger partial charge in [-0.2, -0.15) is 0 Å². The van der Waals surface area contributed by atoms with Crippen LogP contribution >= 0.6 is 0 Å². The predicted octanol–water partition coefficient (Wildman–Crippen LogP) is 4.66. The molecule has 0 aliphatic carbocycles. The number of aliphatic hydroxyl groups excluding tert-OH is 2.